The summed E-state index contributed by atoms with van der Waals surface area (Å²) < 4.78 is 0. The minimum atomic E-state index is 0.243. The first kappa shape index (κ1) is 14.5. The number of aryl methyl sites for hydroxylation is 1. The maximum Gasteiger partial charge on any atom is 0.0233 e. The Morgan fingerprint density at radius 1 is 1.26 bits per heavy atom. The molecule has 0 amide bonds. The third-order valence-electron chi connectivity index (χ3n) is 4.08. The molecule has 0 atom stereocenters. The van der Waals surface area contributed by atoms with Crippen molar-refractivity contribution in [3.63, 3.8) is 0 Å². The van der Waals surface area contributed by atoms with Crippen LogP contribution in [-0.4, -0.2) is 31.6 Å². The van der Waals surface area contributed by atoms with Crippen molar-refractivity contribution in [2.75, 3.05) is 26.7 Å². The molecule has 0 aliphatic carbocycles. The zero-order valence-corrected chi connectivity index (χ0v) is 13.1. The highest BCUT2D eigenvalue weighted by molar-refractivity contribution is 5.34. The van der Waals surface area contributed by atoms with Gasteiger partial charge in [-0.3, -0.25) is 0 Å². The molecule has 1 aliphatic heterocycles. The van der Waals surface area contributed by atoms with Crippen LogP contribution in [0.2, 0.25) is 0 Å². The second kappa shape index (κ2) is 5.64. The van der Waals surface area contributed by atoms with Crippen LogP contribution < -0.4 is 5.32 Å². The Labute approximate surface area is 118 Å². The van der Waals surface area contributed by atoms with E-state index >= 15 is 0 Å². The van der Waals surface area contributed by atoms with Crippen molar-refractivity contribution >= 4 is 0 Å². The fraction of sp³-hybridized carbons (Fsp3) is 0.647. The molecule has 0 bridgehead atoms. The van der Waals surface area contributed by atoms with Gasteiger partial charge in [-0.1, -0.05) is 39.0 Å². The SMILES string of the molecule is Cc1cc(C(C)(C)C)ccc1CN(C)CC1CNC1. The Balaban J connectivity index is 2.00. The highest BCUT2D eigenvalue weighted by atomic mass is 15.1. The van der Waals surface area contributed by atoms with Gasteiger partial charge in [0.25, 0.3) is 0 Å². The van der Waals surface area contributed by atoms with Gasteiger partial charge in [-0.15, -0.1) is 0 Å². The minimum Gasteiger partial charge on any atom is -0.316 e. The Bertz CT molecular complexity index is 427. The van der Waals surface area contributed by atoms with E-state index in [1.807, 2.05) is 0 Å². The molecule has 1 aliphatic rings. The van der Waals surface area contributed by atoms with Gasteiger partial charge in [0.1, 0.15) is 0 Å². The Morgan fingerprint density at radius 2 is 1.95 bits per heavy atom. The molecule has 1 aromatic carbocycles. The van der Waals surface area contributed by atoms with Crippen LogP contribution in [0, 0.1) is 12.8 Å². The van der Waals surface area contributed by atoms with Crippen molar-refractivity contribution in [1.82, 2.24) is 10.2 Å². The molecule has 0 aromatic heterocycles. The topological polar surface area (TPSA) is 15.3 Å². The Kier molecular flexibility index (Phi) is 4.32. The number of rotatable bonds is 4. The van der Waals surface area contributed by atoms with Crippen LogP contribution in [0.4, 0.5) is 0 Å². The number of hydrogen-bond donors (Lipinski definition) is 1. The van der Waals surface area contributed by atoms with Crippen molar-refractivity contribution < 1.29 is 0 Å². The normalized spacial score (nSPS) is 16.7. The summed E-state index contributed by atoms with van der Waals surface area (Å²) in [6.07, 6.45) is 0. The molecule has 0 unspecified atom stereocenters. The second-order valence-corrected chi connectivity index (χ2v) is 7.11. The van der Waals surface area contributed by atoms with E-state index in [4.69, 9.17) is 0 Å². The number of hydrogen-bond acceptors (Lipinski definition) is 2. The van der Waals surface area contributed by atoms with E-state index in [-0.39, 0.29) is 5.41 Å². The molecule has 19 heavy (non-hydrogen) atoms. The average molecular weight is 260 g/mol. The predicted octanol–water partition coefficient (Wildman–Crippen LogP) is 2.94. The highest BCUT2D eigenvalue weighted by Crippen LogP contribution is 2.24. The van der Waals surface area contributed by atoms with Gasteiger partial charge in [0, 0.05) is 26.2 Å². The van der Waals surface area contributed by atoms with Gasteiger partial charge in [0.2, 0.25) is 0 Å². The molecular weight excluding hydrogens is 232 g/mol. The van der Waals surface area contributed by atoms with Crippen molar-refractivity contribution in [2.45, 2.75) is 39.7 Å². The molecule has 1 aromatic rings. The Hall–Kier alpha value is -0.860. The summed E-state index contributed by atoms with van der Waals surface area (Å²) in [4.78, 5) is 2.45. The van der Waals surface area contributed by atoms with Gasteiger partial charge in [-0.05, 0) is 42.0 Å². The van der Waals surface area contributed by atoms with Crippen molar-refractivity contribution in [3.05, 3.63) is 34.9 Å². The molecule has 0 spiro atoms. The summed E-state index contributed by atoms with van der Waals surface area (Å²) >= 11 is 0. The summed E-state index contributed by atoms with van der Waals surface area (Å²) in [7, 11) is 2.23. The maximum absolute atomic E-state index is 3.34. The van der Waals surface area contributed by atoms with Gasteiger partial charge in [-0.2, -0.15) is 0 Å². The highest BCUT2D eigenvalue weighted by Gasteiger charge is 2.19. The lowest BCUT2D eigenvalue weighted by Gasteiger charge is -2.31. The largest absolute Gasteiger partial charge is 0.316 e. The van der Waals surface area contributed by atoms with Crippen molar-refractivity contribution in [3.8, 4) is 0 Å². The third-order valence-corrected chi connectivity index (χ3v) is 4.08. The van der Waals surface area contributed by atoms with Crippen LogP contribution in [-0.2, 0) is 12.0 Å². The van der Waals surface area contributed by atoms with Crippen LogP contribution in [0.25, 0.3) is 0 Å². The lowest BCUT2D eigenvalue weighted by Crippen LogP contribution is -2.47. The molecule has 0 saturated carbocycles. The first-order valence-corrected chi connectivity index (χ1v) is 7.35. The van der Waals surface area contributed by atoms with E-state index in [1.165, 1.54) is 36.3 Å². The van der Waals surface area contributed by atoms with Gasteiger partial charge < -0.3 is 10.2 Å². The van der Waals surface area contributed by atoms with Crippen molar-refractivity contribution in [1.29, 1.82) is 0 Å². The summed E-state index contributed by atoms with van der Waals surface area (Å²) in [5, 5.41) is 3.34. The number of nitrogens with zero attached hydrogens (tertiary/aromatic N) is 1. The molecule has 1 fully saturated rings. The number of nitrogens with one attached hydrogen (secondary N) is 1. The molecule has 2 heteroatoms. The van der Waals surface area contributed by atoms with Crippen molar-refractivity contribution in [2.24, 2.45) is 5.92 Å². The van der Waals surface area contributed by atoms with Gasteiger partial charge in [0.05, 0.1) is 0 Å². The fourth-order valence-electron chi connectivity index (χ4n) is 2.61. The second-order valence-electron chi connectivity index (χ2n) is 7.11. The molecule has 1 N–H and O–H groups in total. The fourth-order valence-corrected chi connectivity index (χ4v) is 2.61. The van der Waals surface area contributed by atoms with E-state index in [9.17, 15) is 0 Å². The Morgan fingerprint density at radius 3 is 2.42 bits per heavy atom. The lowest BCUT2D eigenvalue weighted by atomic mass is 9.85. The molecule has 0 radical (unpaired) electrons. The van der Waals surface area contributed by atoms with Gasteiger partial charge in [0.15, 0.2) is 0 Å². The molecule has 1 heterocycles. The average Bonchev–Trinajstić information content (AvgIpc) is 2.25. The maximum atomic E-state index is 3.34. The summed E-state index contributed by atoms with van der Waals surface area (Å²) in [6.45, 7) is 13.7. The standard InChI is InChI=1S/C17H28N2/c1-13-8-16(17(2,3)4)7-6-15(13)12-19(5)11-14-9-18-10-14/h6-8,14,18H,9-12H2,1-5H3. The quantitative estimate of drug-likeness (QED) is 0.895. The first-order valence-electron chi connectivity index (χ1n) is 7.35. The number of benzene rings is 1. The van der Waals surface area contributed by atoms with Crippen LogP contribution in [0.3, 0.4) is 0 Å². The molecule has 2 rings (SSSR count). The van der Waals surface area contributed by atoms with Crippen LogP contribution in [0.5, 0.6) is 0 Å². The smallest absolute Gasteiger partial charge is 0.0233 e. The predicted molar refractivity (Wildman–Crippen MR) is 82.6 cm³/mol. The minimum absolute atomic E-state index is 0.243. The summed E-state index contributed by atoms with van der Waals surface area (Å²) in [5.74, 6) is 0.846. The van der Waals surface area contributed by atoms with E-state index in [0.29, 0.717) is 0 Å². The van der Waals surface area contributed by atoms with Crippen LogP contribution in [0.15, 0.2) is 18.2 Å². The lowest BCUT2D eigenvalue weighted by molar-refractivity contribution is 0.218. The van der Waals surface area contributed by atoms with E-state index < -0.39 is 0 Å². The molecule has 1 saturated heterocycles. The first-order chi connectivity index (χ1) is 8.86. The van der Waals surface area contributed by atoms with Gasteiger partial charge in [-0.25, -0.2) is 0 Å². The van der Waals surface area contributed by atoms with Crippen LogP contribution in [0.1, 0.15) is 37.5 Å². The zero-order chi connectivity index (χ0) is 14.0. The van der Waals surface area contributed by atoms with Gasteiger partial charge >= 0.3 is 0 Å². The van der Waals surface area contributed by atoms with E-state index in [1.54, 1.807) is 0 Å². The summed E-state index contributed by atoms with van der Waals surface area (Å²) in [5.41, 5.74) is 4.56. The van der Waals surface area contributed by atoms with E-state index in [0.717, 1.165) is 12.5 Å². The van der Waals surface area contributed by atoms with E-state index in [2.05, 4.69) is 63.2 Å². The molecule has 106 valence electrons. The molecule has 2 nitrogen and oxygen atoms in total. The summed E-state index contributed by atoms with van der Waals surface area (Å²) in [6, 6.07) is 6.96. The van der Waals surface area contributed by atoms with Crippen LogP contribution >= 0.6 is 0 Å². The zero-order valence-electron chi connectivity index (χ0n) is 13.1. The monoisotopic (exact) mass is 260 g/mol. The third kappa shape index (κ3) is 3.80. The molecular formula is C17H28N2.